The molecule has 2 aromatic rings. The number of para-hydroxylation sites is 1. The molecule has 0 aliphatic carbocycles. The lowest BCUT2D eigenvalue weighted by Crippen LogP contribution is -2.03. The maximum Gasteiger partial charge on any atom is 0.134 e. The molecule has 0 aliphatic rings. The van der Waals surface area contributed by atoms with Gasteiger partial charge in [-0.1, -0.05) is 31.2 Å². The largest absolute Gasteiger partial charge is 0.457 e. The van der Waals surface area contributed by atoms with Gasteiger partial charge < -0.3 is 10.5 Å². The van der Waals surface area contributed by atoms with Crippen molar-refractivity contribution >= 4 is 0 Å². The molecule has 0 spiro atoms. The number of aryl methyl sites for hydroxylation is 1. The molecule has 0 aliphatic heterocycles. The van der Waals surface area contributed by atoms with Crippen molar-refractivity contribution in [1.29, 1.82) is 0 Å². The van der Waals surface area contributed by atoms with Gasteiger partial charge in [0.05, 0.1) is 0 Å². The highest BCUT2D eigenvalue weighted by Gasteiger charge is 2.10. The van der Waals surface area contributed by atoms with Crippen molar-refractivity contribution in [2.45, 2.75) is 19.9 Å². The van der Waals surface area contributed by atoms with Crippen LogP contribution in [0.2, 0.25) is 0 Å². The van der Waals surface area contributed by atoms with Gasteiger partial charge in [-0.2, -0.15) is 0 Å². The lowest BCUT2D eigenvalue weighted by Gasteiger charge is -2.13. The summed E-state index contributed by atoms with van der Waals surface area (Å²) in [6.07, 6.45) is 0.865. The third-order valence-electron chi connectivity index (χ3n) is 2.85. The van der Waals surface area contributed by atoms with Crippen LogP contribution in [0, 0.1) is 5.82 Å². The molecule has 94 valence electrons. The molecule has 0 heterocycles. The predicted molar refractivity (Wildman–Crippen MR) is 70.2 cm³/mol. The Morgan fingerprint density at radius 3 is 2.50 bits per heavy atom. The normalized spacial score (nSPS) is 10.4. The first-order valence-electron chi connectivity index (χ1n) is 5.99. The second-order valence-corrected chi connectivity index (χ2v) is 3.98. The summed E-state index contributed by atoms with van der Waals surface area (Å²) in [5.74, 6) is 0.905. The molecule has 0 saturated heterocycles. The molecule has 0 unspecified atom stereocenters. The van der Waals surface area contributed by atoms with Gasteiger partial charge in [0, 0.05) is 12.1 Å². The quantitative estimate of drug-likeness (QED) is 0.892. The number of ether oxygens (including phenoxy) is 1. The van der Waals surface area contributed by atoms with E-state index in [9.17, 15) is 4.39 Å². The van der Waals surface area contributed by atoms with Crippen LogP contribution in [0.4, 0.5) is 4.39 Å². The topological polar surface area (TPSA) is 35.2 Å². The minimum Gasteiger partial charge on any atom is -0.457 e. The van der Waals surface area contributed by atoms with Crippen LogP contribution in [0.25, 0.3) is 0 Å². The molecule has 3 heteroatoms. The minimum atomic E-state index is -0.330. The van der Waals surface area contributed by atoms with E-state index >= 15 is 0 Å². The first kappa shape index (κ1) is 12.6. The summed E-state index contributed by atoms with van der Waals surface area (Å²) >= 11 is 0. The van der Waals surface area contributed by atoms with Crippen LogP contribution in [0.15, 0.2) is 42.5 Å². The van der Waals surface area contributed by atoms with Gasteiger partial charge in [0.15, 0.2) is 0 Å². The molecular formula is C15H16FNO. The zero-order chi connectivity index (χ0) is 13.0. The lowest BCUT2D eigenvalue weighted by molar-refractivity contribution is 0.462. The summed E-state index contributed by atoms with van der Waals surface area (Å²) in [5.41, 5.74) is 7.05. The Morgan fingerprint density at radius 1 is 1.06 bits per heavy atom. The standard InChI is InChI=1S/C15H16FNO/c1-2-11-6-3-4-8-14(11)18-15-9-5-7-13(16)12(15)10-17/h3-9H,2,10,17H2,1H3. The van der Waals surface area contributed by atoms with Crippen LogP contribution >= 0.6 is 0 Å². The van der Waals surface area contributed by atoms with Crippen molar-refractivity contribution in [3.05, 3.63) is 59.4 Å². The Labute approximate surface area is 106 Å². The van der Waals surface area contributed by atoms with E-state index in [0.717, 1.165) is 17.7 Å². The van der Waals surface area contributed by atoms with E-state index in [-0.39, 0.29) is 12.4 Å². The van der Waals surface area contributed by atoms with Gasteiger partial charge in [-0.3, -0.25) is 0 Å². The van der Waals surface area contributed by atoms with E-state index in [0.29, 0.717) is 11.3 Å². The van der Waals surface area contributed by atoms with Gasteiger partial charge >= 0.3 is 0 Å². The van der Waals surface area contributed by atoms with Crippen molar-refractivity contribution in [1.82, 2.24) is 0 Å². The Bertz CT molecular complexity index is 540. The first-order valence-corrected chi connectivity index (χ1v) is 5.99. The lowest BCUT2D eigenvalue weighted by atomic mass is 10.1. The van der Waals surface area contributed by atoms with E-state index in [1.54, 1.807) is 12.1 Å². The van der Waals surface area contributed by atoms with Crippen LogP contribution in [-0.2, 0) is 13.0 Å². The maximum absolute atomic E-state index is 13.6. The molecule has 2 nitrogen and oxygen atoms in total. The Balaban J connectivity index is 2.37. The van der Waals surface area contributed by atoms with Gasteiger partial charge in [-0.15, -0.1) is 0 Å². The van der Waals surface area contributed by atoms with Crippen molar-refractivity contribution < 1.29 is 9.13 Å². The number of hydrogen-bond donors (Lipinski definition) is 1. The highest BCUT2D eigenvalue weighted by Crippen LogP contribution is 2.29. The summed E-state index contributed by atoms with van der Waals surface area (Å²) in [6, 6.07) is 12.5. The van der Waals surface area contributed by atoms with Gasteiger partial charge in [0.2, 0.25) is 0 Å². The highest BCUT2D eigenvalue weighted by molar-refractivity contribution is 5.41. The number of hydrogen-bond acceptors (Lipinski definition) is 2. The van der Waals surface area contributed by atoms with E-state index in [1.165, 1.54) is 6.07 Å². The van der Waals surface area contributed by atoms with Crippen molar-refractivity contribution in [2.75, 3.05) is 0 Å². The van der Waals surface area contributed by atoms with Crippen LogP contribution < -0.4 is 10.5 Å². The summed E-state index contributed by atoms with van der Waals surface area (Å²) in [4.78, 5) is 0. The first-order chi connectivity index (χ1) is 8.76. The highest BCUT2D eigenvalue weighted by atomic mass is 19.1. The third kappa shape index (κ3) is 2.51. The van der Waals surface area contributed by atoms with E-state index in [1.807, 2.05) is 24.3 Å². The van der Waals surface area contributed by atoms with Crippen LogP contribution in [0.5, 0.6) is 11.5 Å². The molecule has 0 radical (unpaired) electrons. The summed E-state index contributed by atoms with van der Waals surface area (Å²) < 4.78 is 19.4. The number of rotatable bonds is 4. The zero-order valence-corrected chi connectivity index (χ0v) is 10.3. The van der Waals surface area contributed by atoms with Gasteiger partial charge in [-0.05, 0) is 30.2 Å². The SMILES string of the molecule is CCc1ccccc1Oc1cccc(F)c1CN. The monoisotopic (exact) mass is 245 g/mol. The van der Waals surface area contributed by atoms with E-state index in [4.69, 9.17) is 10.5 Å². The third-order valence-corrected chi connectivity index (χ3v) is 2.85. The Hall–Kier alpha value is -1.87. The summed E-state index contributed by atoms with van der Waals surface area (Å²) in [7, 11) is 0. The fourth-order valence-electron chi connectivity index (χ4n) is 1.85. The van der Waals surface area contributed by atoms with Crippen LogP contribution in [-0.4, -0.2) is 0 Å². The number of nitrogens with two attached hydrogens (primary N) is 1. The van der Waals surface area contributed by atoms with E-state index < -0.39 is 0 Å². The second kappa shape index (κ2) is 5.65. The summed E-state index contributed by atoms with van der Waals surface area (Å²) in [6.45, 7) is 2.17. The molecule has 0 aromatic heterocycles. The van der Waals surface area contributed by atoms with Gasteiger partial charge in [-0.25, -0.2) is 4.39 Å². The second-order valence-electron chi connectivity index (χ2n) is 3.98. The average Bonchev–Trinajstić information content (AvgIpc) is 2.40. The molecule has 2 aromatic carbocycles. The van der Waals surface area contributed by atoms with E-state index in [2.05, 4.69) is 6.92 Å². The number of halogens is 1. The van der Waals surface area contributed by atoms with Crippen molar-refractivity contribution in [3.8, 4) is 11.5 Å². The maximum atomic E-state index is 13.6. The molecule has 2 N–H and O–H groups in total. The minimum absolute atomic E-state index is 0.121. The van der Waals surface area contributed by atoms with Gasteiger partial charge in [0.1, 0.15) is 17.3 Å². The molecule has 0 atom stereocenters. The average molecular weight is 245 g/mol. The zero-order valence-electron chi connectivity index (χ0n) is 10.3. The smallest absolute Gasteiger partial charge is 0.134 e. The Kier molecular flexibility index (Phi) is 3.95. The molecule has 0 bridgehead atoms. The fourth-order valence-corrected chi connectivity index (χ4v) is 1.85. The van der Waals surface area contributed by atoms with Crippen molar-refractivity contribution in [3.63, 3.8) is 0 Å². The number of benzene rings is 2. The molecule has 18 heavy (non-hydrogen) atoms. The molecule has 0 fully saturated rings. The van der Waals surface area contributed by atoms with Crippen LogP contribution in [0.1, 0.15) is 18.1 Å². The molecule has 2 rings (SSSR count). The fraction of sp³-hybridized carbons (Fsp3) is 0.200. The predicted octanol–water partition coefficient (Wildman–Crippen LogP) is 3.64. The van der Waals surface area contributed by atoms with Crippen LogP contribution in [0.3, 0.4) is 0 Å². The molecule has 0 amide bonds. The molecular weight excluding hydrogens is 229 g/mol. The van der Waals surface area contributed by atoms with Gasteiger partial charge in [0.25, 0.3) is 0 Å². The summed E-state index contributed by atoms with van der Waals surface area (Å²) in [5, 5.41) is 0. The Morgan fingerprint density at radius 2 is 1.78 bits per heavy atom. The molecule has 0 saturated carbocycles. The van der Waals surface area contributed by atoms with Crippen molar-refractivity contribution in [2.24, 2.45) is 5.73 Å².